The van der Waals surface area contributed by atoms with Crippen molar-refractivity contribution < 1.29 is 4.79 Å². The Kier molecular flexibility index (Phi) is 5.03. The van der Waals surface area contributed by atoms with E-state index in [0.717, 1.165) is 35.3 Å². The van der Waals surface area contributed by atoms with Crippen LogP contribution in [0.2, 0.25) is 0 Å². The van der Waals surface area contributed by atoms with Gasteiger partial charge < -0.3 is 5.32 Å². The molecule has 104 valence electrons. The number of amides is 1. The summed E-state index contributed by atoms with van der Waals surface area (Å²) < 4.78 is 1.06. The van der Waals surface area contributed by atoms with Gasteiger partial charge in [0.25, 0.3) is 0 Å². The highest BCUT2D eigenvalue weighted by Gasteiger charge is 2.24. The molecule has 1 fully saturated rings. The summed E-state index contributed by atoms with van der Waals surface area (Å²) in [6.45, 7) is 4.39. The largest absolute Gasteiger partial charge is 0.326 e. The first-order valence-electron chi connectivity index (χ1n) is 7.19. The third kappa shape index (κ3) is 3.82. The number of carbonyl (C=O) groups excluding carboxylic acids is 1. The van der Waals surface area contributed by atoms with Crippen molar-refractivity contribution in [1.82, 2.24) is 0 Å². The van der Waals surface area contributed by atoms with Crippen LogP contribution < -0.4 is 5.32 Å². The maximum absolute atomic E-state index is 12.3. The molecule has 2 nitrogen and oxygen atoms in total. The highest BCUT2D eigenvalue weighted by atomic mass is 79.9. The third-order valence-electron chi connectivity index (χ3n) is 4.09. The smallest absolute Gasteiger partial charge is 0.227 e. The van der Waals surface area contributed by atoms with E-state index in [-0.39, 0.29) is 11.8 Å². The second-order valence-electron chi connectivity index (χ2n) is 5.60. The maximum atomic E-state index is 12.3. The van der Waals surface area contributed by atoms with Crippen LogP contribution in [0.1, 0.15) is 45.1 Å². The summed E-state index contributed by atoms with van der Waals surface area (Å²) >= 11 is 3.47. The van der Waals surface area contributed by atoms with Gasteiger partial charge in [0.1, 0.15) is 0 Å². The quantitative estimate of drug-likeness (QED) is 0.852. The van der Waals surface area contributed by atoms with Gasteiger partial charge >= 0.3 is 0 Å². The lowest BCUT2D eigenvalue weighted by atomic mass is 9.82. The molecule has 1 aliphatic carbocycles. The van der Waals surface area contributed by atoms with Crippen LogP contribution in [0.4, 0.5) is 5.69 Å². The van der Waals surface area contributed by atoms with Crippen LogP contribution in [0.5, 0.6) is 0 Å². The molecule has 0 heterocycles. The Morgan fingerprint density at radius 1 is 1.32 bits per heavy atom. The van der Waals surface area contributed by atoms with Crippen molar-refractivity contribution in [2.75, 3.05) is 5.32 Å². The van der Waals surface area contributed by atoms with Crippen LogP contribution >= 0.6 is 15.9 Å². The lowest BCUT2D eigenvalue weighted by molar-refractivity contribution is -0.121. The molecule has 0 unspecified atom stereocenters. The van der Waals surface area contributed by atoms with Crippen molar-refractivity contribution in [3.05, 3.63) is 28.2 Å². The Labute approximate surface area is 124 Å². The van der Waals surface area contributed by atoms with E-state index in [1.54, 1.807) is 0 Å². The molecule has 1 aliphatic rings. The fourth-order valence-electron chi connectivity index (χ4n) is 2.73. The minimum Gasteiger partial charge on any atom is -0.326 e. The summed E-state index contributed by atoms with van der Waals surface area (Å²) in [5.74, 6) is 1.18. The molecule has 1 saturated carbocycles. The van der Waals surface area contributed by atoms with Crippen molar-refractivity contribution in [1.29, 1.82) is 0 Å². The molecule has 1 N–H and O–H groups in total. The Morgan fingerprint density at radius 2 is 2.00 bits per heavy atom. The highest BCUT2D eigenvalue weighted by molar-refractivity contribution is 9.10. The van der Waals surface area contributed by atoms with E-state index in [2.05, 4.69) is 41.2 Å². The fourth-order valence-corrected chi connectivity index (χ4v) is 3.14. The van der Waals surface area contributed by atoms with Gasteiger partial charge in [-0.3, -0.25) is 4.79 Å². The number of anilines is 1. The number of benzene rings is 1. The number of rotatable bonds is 3. The molecule has 0 aliphatic heterocycles. The minimum atomic E-state index is 0.198. The number of hydrogen-bond donors (Lipinski definition) is 1. The van der Waals surface area contributed by atoms with Gasteiger partial charge in [0.15, 0.2) is 0 Å². The van der Waals surface area contributed by atoms with E-state index in [1.165, 1.54) is 18.4 Å². The lowest BCUT2D eigenvalue weighted by Crippen LogP contribution is -2.27. The van der Waals surface area contributed by atoms with Gasteiger partial charge in [-0.2, -0.15) is 0 Å². The molecule has 0 spiro atoms. The number of nitrogens with one attached hydrogen (secondary N) is 1. The number of aryl methyl sites for hydroxylation is 1. The van der Waals surface area contributed by atoms with E-state index in [1.807, 2.05) is 12.1 Å². The average molecular weight is 324 g/mol. The van der Waals surface area contributed by atoms with Crippen molar-refractivity contribution in [2.24, 2.45) is 11.8 Å². The molecule has 0 bridgehead atoms. The Bertz CT molecular complexity index is 450. The zero-order chi connectivity index (χ0) is 13.8. The molecular weight excluding hydrogens is 302 g/mol. The standard InChI is InChI=1S/C16H22BrNO/c1-3-12-10-14(17)8-9-15(12)18-16(19)13-6-4-11(2)5-7-13/h8-11,13H,3-7H2,1-2H3,(H,18,19). The molecule has 2 rings (SSSR count). The van der Waals surface area contributed by atoms with E-state index < -0.39 is 0 Å². The summed E-state index contributed by atoms with van der Waals surface area (Å²) in [4.78, 5) is 12.3. The fraction of sp³-hybridized carbons (Fsp3) is 0.562. The second kappa shape index (κ2) is 6.56. The Morgan fingerprint density at radius 3 is 2.63 bits per heavy atom. The van der Waals surface area contributed by atoms with Gasteiger partial charge in [-0.1, -0.05) is 29.8 Å². The molecule has 0 atom stereocenters. The van der Waals surface area contributed by atoms with Gasteiger partial charge in [-0.05, 0) is 61.8 Å². The predicted octanol–water partition coefficient (Wildman–Crippen LogP) is 4.78. The third-order valence-corrected chi connectivity index (χ3v) is 4.59. The molecule has 1 amide bonds. The van der Waals surface area contributed by atoms with Crippen molar-refractivity contribution in [3.63, 3.8) is 0 Å². The van der Waals surface area contributed by atoms with Crippen LogP contribution in [0.3, 0.4) is 0 Å². The van der Waals surface area contributed by atoms with E-state index in [9.17, 15) is 4.79 Å². The molecule has 0 aromatic heterocycles. The van der Waals surface area contributed by atoms with Crippen molar-refractivity contribution in [3.8, 4) is 0 Å². The Balaban J connectivity index is 2.02. The summed E-state index contributed by atoms with van der Waals surface area (Å²) in [7, 11) is 0. The second-order valence-corrected chi connectivity index (χ2v) is 6.52. The SMILES string of the molecule is CCc1cc(Br)ccc1NC(=O)C1CCC(C)CC1. The lowest BCUT2D eigenvalue weighted by Gasteiger charge is -2.25. The first-order chi connectivity index (χ1) is 9.10. The first-order valence-corrected chi connectivity index (χ1v) is 7.98. The maximum Gasteiger partial charge on any atom is 0.227 e. The van der Waals surface area contributed by atoms with Crippen LogP contribution in [0.15, 0.2) is 22.7 Å². The van der Waals surface area contributed by atoms with Gasteiger partial charge in [-0.25, -0.2) is 0 Å². The summed E-state index contributed by atoms with van der Waals surface area (Å²) in [6, 6.07) is 6.06. The number of hydrogen-bond acceptors (Lipinski definition) is 1. The highest BCUT2D eigenvalue weighted by Crippen LogP contribution is 2.30. The molecule has 1 aromatic carbocycles. The first kappa shape index (κ1) is 14.6. The van der Waals surface area contributed by atoms with Crippen molar-refractivity contribution >= 4 is 27.5 Å². The van der Waals surface area contributed by atoms with Gasteiger partial charge in [0, 0.05) is 16.1 Å². The monoisotopic (exact) mass is 323 g/mol. The van der Waals surface area contributed by atoms with Crippen molar-refractivity contribution in [2.45, 2.75) is 46.0 Å². The van der Waals surface area contributed by atoms with Gasteiger partial charge in [0.2, 0.25) is 5.91 Å². The van der Waals surface area contributed by atoms with E-state index >= 15 is 0 Å². The Hall–Kier alpha value is -0.830. The van der Waals surface area contributed by atoms with Gasteiger partial charge in [-0.15, -0.1) is 0 Å². The van der Waals surface area contributed by atoms with E-state index in [0.29, 0.717) is 0 Å². The normalized spacial score (nSPS) is 23.1. The zero-order valence-electron chi connectivity index (χ0n) is 11.7. The molecule has 3 heteroatoms. The molecule has 19 heavy (non-hydrogen) atoms. The topological polar surface area (TPSA) is 29.1 Å². The molecule has 0 radical (unpaired) electrons. The molecular formula is C16H22BrNO. The van der Waals surface area contributed by atoms with Crippen LogP contribution in [-0.4, -0.2) is 5.91 Å². The van der Waals surface area contributed by atoms with E-state index in [4.69, 9.17) is 0 Å². The zero-order valence-corrected chi connectivity index (χ0v) is 13.3. The summed E-state index contributed by atoms with van der Waals surface area (Å²) in [5.41, 5.74) is 2.15. The van der Waals surface area contributed by atoms with Crippen LogP contribution in [0.25, 0.3) is 0 Å². The predicted molar refractivity (Wildman–Crippen MR) is 83.3 cm³/mol. The summed E-state index contributed by atoms with van der Waals surface area (Å²) in [5, 5.41) is 3.11. The summed E-state index contributed by atoms with van der Waals surface area (Å²) in [6.07, 6.45) is 5.35. The minimum absolute atomic E-state index is 0.198. The van der Waals surface area contributed by atoms with Crippen LogP contribution in [-0.2, 0) is 11.2 Å². The number of halogens is 1. The number of carbonyl (C=O) groups is 1. The molecule has 0 saturated heterocycles. The average Bonchev–Trinajstić information content (AvgIpc) is 2.41. The molecule has 1 aromatic rings. The van der Waals surface area contributed by atoms with Gasteiger partial charge in [0.05, 0.1) is 0 Å². The van der Waals surface area contributed by atoms with Crippen LogP contribution in [0, 0.1) is 11.8 Å².